The molecule has 0 spiro atoms. The highest BCUT2D eigenvalue weighted by atomic mass is 32.1. The SMILES string of the molecule is O=C(NC1CN2CCC1CC2)c1ncc(Oc2ccccc2F)s1. The number of piperidine rings is 3. The summed E-state index contributed by atoms with van der Waals surface area (Å²) in [5.74, 6) is 0.0739. The molecule has 1 aromatic heterocycles. The smallest absolute Gasteiger partial charge is 0.280 e. The second kappa shape index (κ2) is 6.49. The predicted molar refractivity (Wildman–Crippen MR) is 89.0 cm³/mol. The number of nitrogens with zero attached hydrogens (tertiary/aromatic N) is 2. The highest BCUT2D eigenvalue weighted by molar-refractivity contribution is 7.15. The van der Waals surface area contributed by atoms with Crippen LogP contribution in [0.5, 0.6) is 10.8 Å². The van der Waals surface area contributed by atoms with Crippen molar-refractivity contribution >= 4 is 17.2 Å². The lowest BCUT2D eigenvalue weighted by Crippen LogP contribution is -2.57. The molecule has 1 amide bonds. The van der Waals surface area contributed by atoms with Gasteiger partial charge in [0.25, 0.3) is 5.91 Å². The second-order valence-electron chi connectivity index (χ2n) is 6.23. The van der Waals surface area contributed by atoms with E-state index in [9.17, 15) is 9.18 Å². The van der Waals surface area contributed by atoms with Crippen LogP contribution < -0.4 is 10.1 Å². The Bertz CT molecular complexity index is 743. The molecule has 5 rings (SSSR count). The summed E-state index contributed by atoms with van der Waals surface area (Å²) in [5.41, 5.74) is 0. The normalized spacial score (nSPS) is 25.5. The Labute approximate surface area is 143 Å². The molecule has 1 unspecified atom stereocenters. The molecule has 1 N–H and O–H groups in total. The zero-order chi connectivity index (χ0) is 16.5. The van der Waals surface area contributed by atoms with E-state index >= 15 is 0 Å². The first-order chi connectivity index (χ1) is 11.7. The summed E-state index contributed by atoms with van der Waals surface area (Å²) in [4.78, 5) is 18.9. The molecule has 2 aromatic rings. The molecule has 7 heteroatoms. The molecule has 1 aromatic carbocycles. The molecular formula is C17H18FN3O2S. The van der Waals surface area contributed by atoms with Crippen molar-refractivity contribution in [2.24, 2.45) is 5.92 Å². The van der Waals surface area contributed by atoms with Gasteiger partial charge in [0.05, 0.1) is 6.20 Å². The number of thiazole rings is 1. The van der Waals surface area contributed by atoms with Crippen molar-refractivity contribution < 1.29 is 13.9 Å². The Morgan fingerprint density at radius 3 is 2.83 bits per heavy atom. The maximum Gasteiger partial charge on any atom is 0.280 e. The largest absolute Gasteiger partial charge is 0.442 e. The van der Waals surface area contributed by atoms with Gasteiger partial charge in [0.1, 0.15) is 0 Å². The fraction of sp³-hybridized carbons (Fsp3) is 0.412. The predicted octanol–water partition coefficient (Wildman–Crippen LogP) is 2.90. The lowest BCUT2D eigenvalue weighted by atomic mass is 9.84. The lowest BCUT2D eigenvalue weighted by Gasteiger charge is -2.44. The van der Waals surface area contributed by atoms with Gasteiger partial charge in [-0.15, -0.1) is 0 Å². The zero-order valence-corrected chi connectivity index (χ0v) is 13.9. The van der Waals surface area contributed by atoms with Gasteiger partial charge in [-0.25, -0.2) is 9.37 Å². The topological polar surface area (TPSA) is 54.5 Å². The average molecular weight is 347 g/mol. The Balaban J connectivity index is 1.41. The summed E-state index contributed by atoms with van der Waals surface area (Å²) < 4.78 is 19.1. The van der Waals surface area contributed by atoms with Crippen LogP contribution in [0.1, 0.15) is 22.6 Å². The fourth-order valence-electron chi connectivity index (χ4n) is 3.41. The highest BCUT2D eigenvalue weighted by Gasteiger charge is 2.35. The molecule has 0 aliphatic carbocycles. The summed E-state index contributed by atoms with van der Waals surface area (Å²) in [5, 5.41) is 3.84. The zero-order valence-electron chi connectivity index (χ0n) is 13.1. The fourth-order valence-corrected chi connectivity index (χ4v) is 4.09. The molecule has 24 heavy (non-hydrogen) atoms. The van der Waals surface area contributed by atoms with Crippen LogP contribution in [0.25, 0.3) is 0 Å². The van der Waals surface area contributed by atoms with Gasteiger partial charge < -0.3 is 15.0 Å². The molecule has 1 atom stereocenters. The van der Waals surface area contributed by atoms with Gasteiger partial charge in [-0.1, -0.05) is 23.5 Å². The average Bonchev–Trinajstić information content (AvgIpc) is 3.07. The molecule has 0 radical (unpaired) electrons. The van der Waals surface area contributed by atoms with E-state index in [0.717, 1.165) is 43.8 Å². The van der Waals surface area contributed by atoms with Crippen molar-refractivity contribution in [1.82, 2.24) is 15.2 Å². The van der Waals surface area contributed by atoms with E-state index in [1.54, 1.807) is 18.2 Å². The maximum absolute atomic E-state index is 13.6. The van der Waals surface area contributed by atoms with E-state index in [0.29, 0.717) is 16.0 Å². The van der Waals surface area contributed by atoms with Gasteiger partial charge in [-0.05, 0) is 44.0 Å². The summed E-state index contributed by atoms with van der Waals surface area (Å²) in [6.45, 7) is 3.18. The first-order valence-electron chi connectivity index (χ1n) is 8.10. The minimum atomic E-state index is -0.441. The number of rotatable bonds is 4. The monoisotopic (exact) mass is 347 g/mol. The maximum atomic E-state index is 13.6. The molecule has 5 nitrogen and oxygen atoms in total. The van der Waals surface area contributed by atoms with Crippen molar-refractivity contribution in [3.63, 3.8) is 0 Å². The first kappa shape index (κ1) is 15.5. The van der Waals surface area contributed by atoms with E-state index < -0.39 is 5.82 Å². The number of ether oxygens (including phenoxy) is 1. The summed E-state index contributed by atoms with van der Waals surface area (Å²) in [6.07, 6.45) is 3.75. The summed E-state index contributed by atoms with van der Waals surface area (Å²) in [6, 6.07) is 6.36. The van der Waals surface area contributed by atoms with Crippen LogP contribution in [0.4, 0.5) is 4.39 Å². The number of carbonyl (C=O) groups is 1. The van der Waals surface area contributed by atoms with Crippen LogP contribution in [0.3, 0.4) is 0 Å². The van der Waals surface area contributed by atoms with Gasteiger partial charge in [0.2, 0.25) is 5.06 Å². The van der Waals surface area contributed by atoms with Crippen molar-refractivity contribution in [2.45, 2.75) is 18.9 Å². The van der Waals surface area contributed by atoms with E-state index in [4.69, 9.17) is 4.74 Å². The van der Waals surface area contributed by atoms with Crippen molar-refractivity contribution in [3.8, 4) is 10.8 Å². The molecule has 3 saturated heterocycles. The molecule has 3 aliphatic rings. The number of benzene rings is 1. The Morgan fingerprint density at radius 2 is 2.12 bits per heavy atom. The number of hydrogen-bond acceptors (Lipinski definition) is 5. The molecule has 2 bridgehead atoms. The third kappa shape index (κ3) is 3.14. The molecular weight excluding hydrogens is 329 g/mol. The van der Waals surface area contributed by atoms with Gasteiger partial charge in [0, 0.05) is 12.6 Å². The Hall–Kier alpha value is -1.99. The number of carbonyl (C=O) groups excluding carboxylic acids is 1. The number of fused-ring (bicyclic) bond motifs is 3. The van der Waals surface area contributed by atoms with Crippen LogP contribution in [0.2, 0.25) is 0 Å². The van der Waals surface area contributed by atoms with Gasteiger partial charge in [0.15, 0.2) is 16.6 Å². The lowest BCUT2D eigenvalue weighted by molar-refractivity contribution is 0.0620. The number of para-hydroxylation sites is 1. The van der Waals surface area contributed by atoms with E-state index in [1.807, 2.05) is 0 Å². The van der Waals surface area contributed by atoms with Gasteiger partial charge in [-0.3, -0.25) is 4.79 Å². The number of nitrogens with one attached hydrogen (secondary N) is 1. The first-order valence-corrected chi connectivity index (χ1v) is 8.92. The van der Waals surface area contributed by atoms with Crippen molar-refractivity contribution in [1.29, 1.82) is 0 Å². The Morgan fingerprint density at radius 1 is 1.33 bits per heavy atom. The number of halogens is 1. The van der Waals surface area contributed by atoms with Gasteiger partial charge in [-0.2, -0.15) is 0 Å². The van der Waals surface area contributed by atoms with E-state index in [2.05, 4.69) is 15.2 Å². The van der Waals surface area contributed by atoms with Crippen molar-refractivity contribution in [3.05, 3.63) is 41.3 Å². The van der Waals surface area contributed by atoms with Crippen LogP contribution in [-0.4, -0.2) is 41.5 Å². The van der Waals surface area contributed by atoms with Crippen LogP contribution >= 0.6 is 11.3 Å². The van der Waals surface area contributed by atoms with Crippen molar-refractivity contribution in [2.75, 3.05) is 19.6 Å². The third-order valence-electron chi connectivity index (χ3n) is 4.70. The second-order valence-corrected chi connectivity index (χ2v) is 7.23. The number of amides is 1. The number of aromatic nitrogens is 1. The molecule has 0 saturated carbocycles. The van der Waals surface area contributed by atoms with Crippen LogP contribution in [0, 0.1) is 11.7 Å². The quantitative estimate of drug-likeness (QED) is 0.924. The number of hydrogen-bond donors (Lipinski definition) is 1. The standard InChI is InChI=1S/C17H18FN3O2S/c18-12-3-1-2-4-14(12)23-15-9-19-17(24-15)16(22)20-13-10-21-7-5-11(13)6-8-21/h1-4,9,11,13H,5-8,10H2,(H,20,22). The van der Waals surface area contributed by atoms with Crippen LogP contribution in [-0.2, 0) is 0 Å². The highest BCUT2D eigenvalue weighted by Crippen LogP contribution is 2.30. The third-order valence-corrected chi connectivity index (χ3v) is 5.57. The summed E-state index contributed by atoms with van der Waals surface area (Å²) in [7, 11) is 0. The minimum absolute atomic E-state index is 0.130. The summed E-state index contributed by atoms with van der Waals surface area (Å²) >= 11 is 1.13. The van der Waals surface area contributed by atoms with E-state index in [-0.39, 0.29) is 17.7 Å². The molecule has 4 heterocycles. The van der Waals surface area contributed by atoms with Crippen LogP contribution in [0.15, 0.2) is 30.5 Å². The van der Waals surface area contributed by atoms with E-state index in [1.165, 1.54) is 12.3 Å². The molecule has 3 fully saturated rings. The van der Waals surface area contributed by atoms with Gasteiger partial charge >= 0.3 is 0 Å². The minimum Gasteiger partial charge on any atom is -0.442 e. The molecule has 3 aliphatic heterocycles. The molecule has 126 valence electrons. The Kier molecular flexibility index (Phi) is 4.20.